The minimum atomic E-state index is -0.372. The Morgan fingerprint density at radius 3 is 2.86 bits per heavy atom. The van der Waals surface area contributed by atoms with Crippen LogP contribution in [0, 0.1) is 5.92 Å². The van der Waals surface area contributed by atoms with Crippen LogP contribution in [0.25, 0.3) is 17.1 Å². The molecule has 1 unspecified atom stereocenters. The number of allylic oxidation sites excluding steroid dienone is 3. The summed E-state index contributed by atoms with van der Waals surface area (Å²) in [7, 11) is 0. The monoisotopic (exact) mass is 483 g/mol. The molecule has 0 bridgehead atoms. The summed E-state index contributed by atoms with van der Waals surface area (Å²) in [5.74, 6) is 0.786. The fourth-order valence-electron chi connectivity index (χ4n) is 3.96. The predicted octanol–water partition coefficient (Wildman–Crippen LogP) is 3.50. The van der Waals surface area contributed by atoms with Gasteiger partial charge in [0.25, 0.3) is 5.91 Å². The normalized spacial score (nSPS) is 16.3. The molecule has 5 rings (SSSR count). The van der Waals surface area contributed by atoms with Crippen molar-refractivity contribution in [1.29, 1.82) is 0 Å². The average Bonchev–Trinajstić information content (AvgIpc) is 3.62. The molecule has 1 aliphatic heterocycles. The predicted molar refractivity (Wildman–Crippen MR) is 132 cm³/mol. The first kappa shape index (κ1) is 23.2. The largest absolute Gasteiger partial charge is 0.368 e. The SMILES string of the molecule is O=C(CCc1nc(-c2cccc(-n3cccc3)c2)no1)NCCCNC1=C2C=CC=CC2C(=O)N=N1. The number of fused-ring (bicyclic) bond motifs is 1. The third-order valence-corrected chi connectivity index (χ3v) is 5.82. The Bertz CT molecular complexity index is 1370. The van der Waals surface area contributed by atoms with Crippen LogP contribution in [0.5, 0.6) is 0 Å². The maximum atomic E-state index is 12.2. The number of benzene rings is 1. The molecule has 36 heavy (non-hydrogen) atoms. The Morgan fingerprint density at radius 1 is 1.08 bits per heavy atom. The maximum absolute atomic E-state index is 12.2. The number of hydrogen-bond donors (Lipinski definition) is 2. The van der Waals surface area contributed by atoms with Gasteiger partial charge in [-0.2, -0.15) is 4.98 Å². The van der Waals surface area contributed by atoms with Crippen LogP contribution in [-0.2, 0) is 16.0 Å². The van der Waals surface area contributed by atoms with E-state index in [2.05, 4.69) is 31.0 Å². The minimum absolute atomic E-state index is 0.0882. The molecule has 2 amide bonds. The van der Waals surface area contributed by atoms with Gasteiger partial charge in [-0.25, -0.2) is 0 Å². The molecule has 2 aliphatic rings. The molecular weight excluding hydrogens is 458 g/mol. The van der Waals surface area contributed by atoms with Gasteiger partial charge < -0.3 is 19.7 Å². The Labute approximate surface area is 207 Å². The molecule has 1 atom stereocenters. The molecule has 2 aromatic heterocycles. The highest BCUT2D eigenvalue weighted by Gasteiger charge is 2.26. The number of aromatic nitrogens is 3. The van der Waals surface area contributed by atoms with Gasteiger partial charge in [-0.3, -0.25) is 9.59 Å². The van der Waals surface area contributed by atoms with Gasteiger partial charge in [0.05, 0.1) is 5.92 Å². The molecule has 3 aromatic rings. The van der Waals surface area contributed by atoms with Crippen molar-refractivity contribution in [3.05, 3.63) is 90.4 Å². The molecule has 10 nitrogen and oxygen atoms in total. The van der Waals surface area contributed by atoms with Crippen molar-refractivity contribution < 1.29 is 14.1 Å². The van der Waals surface area contributed by atoms with Crippen molar-refractivity contribution in [3.8, 4) is 17.1 Å². The van der Waals surface area contributed by atoms with Crippen LogP contribution in [0.2, 0.25) is 0 Å². The van der Waals surface area contributed by atoms with Crippen molar-refractivity contribution in [2.75, 3.05) is 13.1 Å². The number of nitrogens with one attached hydrogen (secondary N) is 2. The smallest absolute Gasteiger partial charge is 0.276 e. The molecule has 0 spiro atoms. The van der Waals surface area contributed by atoms with Gasteiger partial charge in [-0.05, 0) is 30.7 Å². The van der Waals surface area contributed by atoms with Crippen molar-refractivity contribution in [2.45, 2.75) is 19.3 Å². The number of carbonyl (C=O) groups excluding carboxylic acids is 2. The maximum Gasteiger partial charge on any atom is 0.276 e. The molecule has 3 heterocycles. The lowest BCUT2D eigenvalue weighted by Gasteiger charge is -2.20. The van der Waals surface area contributed by atoms with Crippen LogP contribution in [0.1, 0.15) is 18.7 Å². The van der Waals surface area contributed by atoms with Crippen molar-refractivity contribution >= 4 is 11.8 Å². The van der Waals surface area contributed by atoms with Crippen LogP contribution in [0.3, 0.4) is 0 Å². The number of amides is 2. The summed E-state index contributed by atoms with van der Waals surface area (Å²) < 4.78 is 7.35. The summed E-state index contributed by atoms with van der Waals surface area (Å²) in [4.78, 5) is 28.5. The first-order valence-electron chi connectivity index (χ1n) is 11.8. The first-order valence-corrected chi connectivity index (χ1v) is 11.8. The fraction of sp³-hybridized carbons (Fsp3) is 0.231. The molecule has 1 aromatic carbocycles. The number of rotatable bonds is 10. The van der Waals surface area contributed by atoms with Gasteiger partial charge >= 0.3 is 0 Å². The standard InChI is InChI=1S/C26H25N7O3/c34-22(27-13-6-14-28-25-20-9-1-2-10-21(20)26(35)31-30-25)11-12-23-29-24(32-36-23)18-7-5-8-19(17-18)33-15-3-4-16-33/h1-5,7-10,15-17,21,28H,6,11-14H2,(H,27,34). The number of aryl methyl sites for hydroxylation is 1. The van der Waals surface area contributed by atoms with E-state index in [4.69, 9.17) is 4.52 Å². The van der Waals surface area contributed by atoms with Crippen LogP contribution in [-0.4, -0.2) is 39.6 Å². The lowest BCUT2D eigenvalue weighted by molar-refractivity contribution is -0.121. The highest BCUT2D eigenvalue weighted by atomic mass is 16.5. The van der Waals surface area contributed by atoms with Crippen LogP contribution in [0.4, 0.5) is 0 Å². The van der Waals surface area contributed by atoms with Crippen LogP contribution < -0.4 is 10.6 Å². The second-order valence-electron chi connectivity index (χ2n) is 8.35. The van der Waals surface area contributed by atoms with Crippen LogP contribution in [0.15, 0.2) is 99.2 Å². The molecule has 2 N–H and O–H groups in total. The lowest BCUT2D eigenvalue weighted by Crippen LogP contribution is -2.28. The second kappa shape index (κ2) is 10.8. The molecule has 0 fully saturated rings. The van der Waals surface area contributed by atoms with E-state index in [0.717, 1.165) is 16.8 Å². The van der Waals surface area contributed by atoms with E-state index < -0.39 is 0 Å². The van der Waals surface area contributed by atoms with Gasteiger partial charge in [-0.15, -0.1) is 10.2 Å². The van der Waals surface area contributed by atoms with E-state index in [-0.39, 0.29) is 24.2 Å². The molecule has 182 valence electrons. The first-order chi connectivity index (χ1) is 17.7. The topological polar surface area (TPSA) is 127 Å². The fourth-order valence-corrected chi connectivity index (χ4v) is 3.96. The van der Waals surface area contributed by atoms with E-state index in [9.17, 15) is 9.59 Å². The molecule has 10 heteroatoms. The van der Waals surface area contributed by atoms with Crippen molar-refractivity contribution in [1.82, 2.24) is 25.3 Å². The summed E-state index contributed by atoms with van der Waals surface area (Å²) in [5, 5.41) is 17.8. The molecule has 1 aliphatic carbocycles. The number of azo groups is 1. The van der Waals surface area contributed by atoms with Crippen molar-refractivity contribution in [3.63, 3.8) is 0 Å². The molecule has 0 radical (unpaired) electrons. The van der Waals surface area contributed by atoms with Gasteiger partial charge in [0.15, 0.2) is 5.82 Å². The summed E-state index contributed by atoms with van der Waals surface area (Å²) in [6.45, 7) is 1.09. The molecule has 0 saturated heterocycles. The zero-order valence-electron chi connectivity index (χ0n) is 19.5. The minimum Gasteiger partial charge on any atom is -0.368 e. The van der Waals surface area contributed by atoms with E-state index in [0.29, 0.717) is 43.5 Å². The second-order valence-corrected chi connectivity index (χ2v) is 8.35. The third kappa shape index (κ3) is 5.38. The Kier molecular flexibility index (Phi) is 6.93. The number of nitrogens with zero attached hydrogens (tertiary/aromatic N) is 5. The highest BCUT2D eigenvalue weighted by molar-refractivity contribution is 5.86. The summed E-state index contributed by atoms with van der Waals surface area (Å²) in [5.41, 5.74) is 2.66. The van der Waals surface area contributed by atoms with E-state index in [1.807, 2.05) is 77.7 Å². The number of hydrogen-bond acceptors (Lipinski definition) is 7. The van der Waals surface area contributed by atoms with Gasteiger partial charge in [0.1, 0.15) is 0 Å². The quantitative estimate of drug-likeness (QED) is 0.425. The van der Waals surface area contributed by atoms with Gasteiger partial charge in [-0.1, -0.05) is 41.6 Å². The Hall–Kier alpha value is -4.60. The average molecular weight is 484 g/mol. The Balaban J connectivity index is 1.05. The highest BCUT2D eigenvalue weighted by Crippen LogP contribution is 2.27. The van der Waals surface area contributed by atoms with E-state index in [1.54, 1.807) is 0 Å². The molecular formula is C26H25N7O3. The zero-order valence-corrected chi connectivity index (χ0v) is 19.5. The summed E-state index contributed by atoms with van der Waals surface area (Å²) in [6.07, 6.45) is 12.6. The summed E-state index contributed by atoms with van der Waals surface area (Å²) >= 11 is 0. The summed E-state index contributed by atoms with van der Waals surface area (Å²) in [6, 6.07) is 11.8. The zero-order chi connectivity index (χ0) is 24.7. The van der Waals surface area contributed by atoms with Crippen molar-refractivity contribution in [2.24, 2.45) is 16.1 Å². The Morgan fingerprint density at radius 2 is 1.97 bits per heavy atom. The number of carbonyl (C=O) groups is 2. The van der Waals surface area contributed by atoms with Gasteiger partial charge in [0.2, 0.25) is 17.6 Å². The lowest BCUT2D eigenvalue weighted by atomic mass is 9.93. The third-order valence-electron chi connectivity index (χ3n) is 5.82. The van der Waals surface area contributed by atoms with E-state index in [1.165, 1.54) is 0 Å². The van der Waals surface area contributed by atoms with Gasteiger partial charge in [0, 0.05) is 55.1 Å². The molecule has 0 saturated carbocycles. The van der Waals surface area contributed by atoms with E-state index >= 15 is 0 Å². The van der Waals surface area contributed by atoms with Crippen LogP contribution >= 0.6 is 0 Å².